The number of aromatic nitrogens is 4. The lowest BCUT2D eigenvalue weighted by Gasteiger charge is -2.28. The van der Waals surface area contributed by atoms with Crippen LogP contribution in [-0.4, -0.2) is 36.5 Å². The first-order chi connectivity index (χ1) is 13.1. The zero-order valence-electron chi connectivity index (χ0n) is 14.8. The van der Waals surface area contributed by atoms with Gasteiger partial charge in [0.2, 0.25) is 5.91 Å². The fraction of sp³-hybridized carbons (Fsp3) is 0.263. The molecule has 0 radical (unpaired) electrons. The lowest BCUT2D eigenvalue weighted by atomic mass is 10.1. The van der Waals surface area contributed by atoms with E-state index >= 15 is 0 Å². The monoisotopic (exact) mass is 363 g/mol. The SMILES string of the molecule is Cc1cc2ncc3c(n2n1)CCN(C(=O)Cn1c(=O)oc2ccccc21)C3. The lowest BCUT2D eigenvalue weighted by molar-refractivity contribution is -0.132. The Kier molecular flexibility index (Phi) is 3.40. The van der Waals surface area contributed by atoms with Crippen LogP contribution >= 0.6 is 0 Å². The standard InChI is InChI=1S/C19H17N5O3/c1-12-8-17-20-9-13-10-22(7-6-14(13)24(17)21-12)18(25)11-23-15-4-2-3-5-16(15)27-19(23)26/h2-5,8-9H,6-7,10-11H2,1H3. The first kappa shape index (κ1) is 15.8. The Morgan fingerprint density at radius 3 is 3.04 bits per heavy atom. The molecule has 1 aliphatic rings. The number of aryl methyl sites for hydroxylation is 1. The second-order valence-electron chi connectivity index (χ2n) is 6.77. The number of amides is 1. The Labute approximate surface area is 153 Å². The molecule has 0 N–H and O–H groups in total. The van der Waals surface area contributed by atoms with Crippen LogP contribution in [-0.2, 0) is 24.3 Å². The number of oxazole rings is 1. The van der Waals surface area contributed by atoms with E-state index in [1.807, 2.05) is 29.8 Å². The number of carbonyl (C=O) groups is 1. The number of hydrogen-bond acceptors (Lipinski definition) is 5. The van der Waals surface area contributed by atoms with Crippen LogP contribution in [0.3, 0.4) is 0 Å². The minimum absolute atomic E-state index is 0.0399. The summed E-state index contributed by atoms with van der Waals surface area (Å²) in [7, 11) is 0. The maximum Gasteiger partial charge on any atom is 0.420 e. The maximum atomic E-state index is 12.8. The van der Waals surface area contributed by atoms with Crippen LogP contribution in [0.5, 0.6) is 0 Å². The summed E-state index contributed by atoms with van der Waals surface area (Å²) < 4.78 is 8.45. The molecule has 27 heavy (non-hydrogen) atoms. The Morgan fingerprint density at radius 2 is 2.15 bits per heavy atom. The van der Waals surface area contributed by atoms with Gasteiger partial charge in [-0.05, 0) is 19.1 Å². The number of hydrogen-bond donors (Lipinski definition) is 0. The Balaban J connectivity index is 1.43. The third-order valence-corrected chi connectivity index (χ3v) is 4.99. The van der Waals surface area contributed by atoms with Crippen molar-refractivity contribution in [2.24, 2.45) is 0 Å². The molecular weight excluding hydrogens is 346 g/mol. The third kappa shape index (κ3) is 2.52. The number of rotatable bonds is 2. The van der Waals surface area contributed by atoms with Crippen LogP contribution in [0.1, 0.15) is 17.0 Å². The van der Waals surface area contributed by atoms with Crippen molar-refractivity contribution < 1.29 is 9.21 Å². The largest absolute Gasteiger partial charge is 0.420 e. The summed E-state index contributed by atoms with van der Waals surface area (Å²) in [6.45, 7) is 2.93. The number of para-hydroxylation sites is 2. The summed E-state index contributed by atoms with van der Waals surface area (Å²) in [6.07, 6.45) is 2.51. The molecule has 0 saturated carbocycles. The summed E-state index contributed by atoms with van der Waals surface area (Å²) >= 11 is 0. The van der Waals surface area contributed by atoms with Gasteiger partial charge in [-0.2, -0.15) is 5.10 Å². The van der Waals surface area contributed by atoms with E-state index in [0.717, 1.165) is 22.6 Å². The van der Waals surface area contributed by atoms with E-state index in [1.54, 1.807) is 23.1 Å². The van der Waals surface area contributed by atoms with Crippen molar-refractivity contribution in [3.05, 3.63) is 64.0 Å². The van der Waals surface area contributed by atoms with E-state index in [-0.39, 0.29) is 12.5 Å². The minimum Gasteiger partial charge on any atom is -0.408 e. The molecule has 1 amide bonds. The fourth-order valence-electron chi connectivity index (χ4n) is 3.67. The molecule has 0 fully saturated rings. The molecule has 4 heterocycles. The lowest BCUT2D eigenvalue weighted by Crippen LogP contribution is -2.39. The van der Waals surface area contributed by atoms with Crippen LogP contribution in [0.4, 0.5) is 0 Å². The number of benzene rings is 1. The quantitative estimate of drug-likeness (QED) is 0.539. The first-order valence-electron chi connectivity index (χ1n) is 8.79. The van der Waals surface area contributed by atoms with Gasteiger partial charge in [-0.1, -0.05) is 12.1 Å². The maximum absolute atomic E-state index is 12.8. The average molecular weight is 363 g/mol. The number of nitrogens with zero attached hydrogens (tertiary/aromatic N) is 5. The second kappa shape index (κ2) is 5.80. The van der Waals surface area contributed by atoms with Crippen molar-refractivity contribution >= 4 is 22.7 Å². The van der Waals surface area contributed by atoms with E-state index in [2.05, 4.69) is 10.1 Å². The van der Waals surface area contributed by atoms with Crippen LogP contribution in [0.25, 0.3) is 16.7 Å². The highest BCUT2D eigenvalue weighted by Crippen LogP contribution is 2.20. The van der Waals surface area contributed by atoms with Crippen LogP contribution < -0.4 is 5.76 Å². The Bertz CT molecular complexity index is 1250. The molecule has 0 aliphatic carbocycles. The zero-order chi connectivity index (χ0) is 18.5. The molecule has 0 bridgehead atoms. The first-order valence-corrected chi connectivity index (χ1v) is 8.79. The van der Waals surface area contributed by atoms with Gasteiger partial charge in [0.1, 0.15) is 6.54 Å². The van der Waals surface area contributed by atoms with Crippen molar-refractivity contribution in [2.45, 2.75) is 26.4 Å². The summed E-state index contributed by atoms with van der Waals surface area (Å²) in [5.74, 6) is -0.636. The van der Waals surface area contributed by atoms with Gasteiger partial charge >= 0.3 is 5.76 Å². The highest BCUT2D eigenvalue weighted by molar-refractivity contribution is 5.79. The van der Waals surface area contributed by atoms with E-state index in [4.69, 9.17) is 4.42 Å². The minimum atomic E-state index is -0.516. The predicted molar refractivity (Wildman–Crippen MR) is 97.3 cm³/mol. The molecule has 0 unspecified atom stereocenters. The van der Waals surface area contributed by atoms with Gasteiger partial charge in [0.25, 0.3) is 0 Å². The summed E-state index contributed by atoms with van der Waals surface area (Å²) in [6, 6.07) is 9.05. The second-order valence-corrected chi connectivity index (χ2v) is 6.77. The predicted octanol–water partition coefficient (Wildman–Crippen LogP) is 1.53. The van der Waals surface area contributed by atoms with Crippen LogP contribution in [0.2, 0.25) is 0 Å². The van der Waals surface area contributed by atoms with Gasteiger partial charge in [-0.15, -0.1) is 0 Å². The fourth-order valence-corrected chi connectivity index (χ4v) is 3.67. The Morgan fingerprint density at radius 1 is 1.30 bits per heavy atom. The van der Waals surface area contributed by atoms with Crippen LogP contribution in [0, 0.1) is 6.92 Å². The summed E-state index contributed by atoms with van der Waals surface area (Å²) in [5.41, 5.74) is 4.92. The molecule has 1 aliphatic heterocycles. The van der Waals surface area contributed by atoms with Crippen molar-refractivity contribution in [2.75, 3.05) is 6.54 Å². The molecule has 0 saturated heterocycles. The summed E-state index contributed by atoms with van der Waals surface area (Å²) in [4.78, 5) is 31.1. The van der Waals surface area contributed by atoms with Crippen molar-refractivity contribution in [1.82, 2.24) is 24.1 Å². The molecule has 136 valence electrons. The van der Waals surface area contributed by atoms with Crippen LogP contribution in [0.15, 0.2) is 45.7 Å². The molecule has 5 rings (SSSR count). The van der Waals surface area contributed by atoms with Gasteiger partial charge in [-0.3, -0.25) is 9.36 Å². The van der Waals surface area contributed by atoms with Gasteiger partial charge in [0.05, 0.1) is 16.9 Å². The van der Waals surface area contributed by atoms with Crippen molar-refractivity contribution in [1.29, 1.82) is 0 Å². The van der Waals surface area contributed by atoms with Crippen molar-refractivity contribution in [3.63, 3.8) is 0 Å². The molecule has 4 aromatic rings. The molecule has 8 nitrogen and oxygen atoms in total. The number of carbonyl (C=O) groups excluding carboxylic acids is 1. The average Bonchev–Trinajstić information content (AvgIpc) is 3.20. The van der Waals surface area contributed by atoms with E-state index in [9.17, 15) is 9.59 Å². The highest BCUT2D eigenvalue weighted by Gasteiger charge is 2.24. The topological polar surface area (TPSA) is 85.6 Å². The molecule has 3 aromatic heterocycles. The zero-order valence-corrected chi connectivity index (χ0v) is 14.8. The Hall–Kier alpha value is -3.42. The number of fused-ring (bicyclic) bond motifs is 4. The van der Waals surface area contributed by atoms with Gasteiger partial charge in [0, 0.05) is 37.3 Å². The molecule has 0 spiro atoms. The molecule has 0 atom stereocenters. The van der Waals surface area contributed by atoms with E-state index < -0.39 is 5.76 Å². The van der Waals surface area contributed by atoms with E-state index in [0.29, 0.717) is 30.6 Å². The summed E-state index contributed by atoms with van der Waals surface area (Å²) in [5, 5.41) is 4.50. The normalized spacial score (nSPS) is 14.0. The molecule has 8 heteroatoms. The third-order valence-electron chi connectivity index (χ3n) is 4.99. The smallest absolute Gasteiger partial charge is 0.408 e. The van der Waals surface area contributed by atoms with Gasteiger partial charge < -0.3 is 9.32 Å². The van der Waals surface area contributed by atoms with E-state index in [1.165, 1.54) is 4.57 Å². The van der Waals surface area contributed by atoms with Gasteiger partial charge in [-0.25, -0.2) is 14.3 Å². The van der Waals surface area contributed by atoms with Gasteiger partial charge in [0.15, 0.2) is 11.2 Å². The molecule has 1 aromatic carbocycles. The van der Waals surface area contributed by atoms with Crippen molar-refractivity contribution in [3.8, 4) is 0 Å². The molecular formula is C19H17N5O3. The highest BCUT2D eigenvalue weighted by atomic mass is 16.4.